The molecule has 0 aliphatic carbocycles. The predicted molar refractivity (Wildman–Crippen MR) is 124 cm³/mol. The Labute approximate surface area is 208 Å². The third-order valence-electron chi connectivity index (χ3n) is 6.10. The van der Waals surface area contributed by atoms with E-state index in [1.807, 2.05) is 6.92 Å². The van der Waals surface area contributed by atoms with Crippen LogP contribution in [0.3, 0.4) is 0 Å². The zero-order valence-electron chi connectivity index (χ0n) is 19.3. The maximum Gasteiger partial charge on any atom is 0.416 e. The summed E-state index contributed by atoms with van der Waals surface area (Å²) in [6.07, 6.45) is -3.15. The van der Waals surface area contributed by atoms with Crippen molar-refractivity contribution in [2.45, 2.75) is 38.1 Å². The Kier molecular flexibility index (Phi) is 6.10. The number of pyridine rings is 1. The molecule has 0 radical (unpaired) electrons. The number of hydrogen-bond donors (Lipinski definition) is 3. The highest BCUT2D eigenvalue weighted by Gasteiger charge is 2.34. The summed E-state index contributed by atoms with van der Waals surface area (Å²) in [5.41, 5.74) is -0.0197. The maximum atomic E-state index is 14.1. The van der Waals surface area contributed by atoms with Gasteiger partial charge in [0.2, 0.25) is 5.91 Å². The topological polar surface area (TPSA) is 102 Å². The summed E-state index contributed by atoms with van der Waals surface area (Å²) in [5.74, 6) is 0.395. The number of carbonyl (C=O) groups is 2. The Balaban J connectivity index is 1.26. The number of nitrogens with one attached hydrogen (secondary N) is 3. The first-order chi connectivity index (χ1) is 17.6. The normalized spacial score (nSPS) is 18.2. The van der Waals surface area contributed by atoms with Crippen LogP contribution in [0.1, 0.15) is 36.0 Å². The summed E-state index contributed by atoms with van der Waals surface area (Å²) in [4.78, 5) is 28.2. The van der Waals surface area contributed by atoms with Crippen molar-refractivity contribution in [3.05, 3.63) is 71.2 Å². The standard InChI is InChI=1S/C25H20F4N4O4/c1-12-16-11-14(36-20-8-9-30-22-15(20)4-7-21(34)32-22)3-6-19(16)37-23(12)33-24(35)31-18-5-2-13(10-17(18)26)25(27,28)29/h2-3,5-6,8-12,23H,4,7H2,1H3,(H,30,32,34)(H2,31,33,35)/t12-,23+/m0/s1. The van der Waals surface area contributed by atoms with Gasteiger partial charge in [0.25, 0.3) is 0 Å². The van der Waals surface area contributed by atoms with Gasteiger partial charge in [-0.05, 0) is 48.9 Å². The van der Waals surface area contributed by atoms with Gasteiger partial charge in [-0.1, -0.05) is 6.92 Å². The van der Waals surface area contributed by atoms with Gasteiger partial charge in [0.1, 0.15) is 28.9 Å². The summed E-state index contributed by atoms with van der Waals surface area (Å²) >= 11 is 0. The lowest BCUT2D eigenvalue weighted by Crippen LogP contribution is -2.42. The molecule has 3 amide bonds. The van der Waals surface area contributed by atoms with Gasteiger partial charge >= 0.3 is 12.2 Å². The van der Waals surface area contributed by atoms with Crippen molar-refractivity contribution in [1.82, 2.24) is 10.3 Å². The maximum absolute atomic E-state index is 14.1. The van der Waals surface area contributed by atoms with Gasteiger partial charge in [0.15, 0.2) is 6.23 Å². The van der Waals surface area contributed by atoms with Crippen LogP contribution < -0.4 is 25.4 Å². The molecule has 0 saturated carbocycles. The van der Waals surface area contributed by atoms with Crippen molar-refractivity contribution in [2.24, 2.45) is 0 Å². The van der Waals surface area contributed by atoms with E-state index in [2.05, 4.69) is 20.9 Å². The van der Waals surface area contributed by atoms with E-state index in [9.17, 15) is 27.2 Å². The molecule has 0 saturated heterocycles. The predicted octanol–water partition coefficient (Wildman–Crippen LogP) is 5.56. The van der Waals surface area contributed by atoms with Crippen LogP contribution >= 0.6 is 0 Å². The van der Waals surface area contributed by atoms with Crippen LogP contribution in [0.4, 0.5) is 33.9 Å². The lowest BCUT2D eigenvalue weighted by atomic mass is 10.0. The average molecular weight is 516 g/mol. The molecule has 8 nitrogen and oxygen atoms in total. The van der Waals surface area contributed by atoms with E-state index in [0.717, 1.165) is 17.2 Å². The third kappa shape index (κ3) is 4.99. The van der Waals surface area contributed by atoms with Crippen LogP contribution in [0.15, 0.2) is 48.7 Å². The number of ether oxygens (including phenoxy) is 2. The SMILES string of the molecule is C[C@H]1c2cc(Oc3ccnc4c3CCC(=O)N4)ccc2O[C@H]1NC(=O)Nc1ccc(C(F)(F)F)cc1F. The number of aromatic nitrogens is 1. The first kappa shape index (κ1) is 24.3. The summed E-state index contributed by atoms with van der Waals surface area (Å²) in [5, 5.41) is 7.49. The fourth-order valence-corrected chi connectivity index (χ4v) is 4.17. The van der Waals surface area contributed by atoms with E-state index in [-0.39, 0.29) is 11.8 Å². The van der Waals surface area contributed by atoms with Crippen molar-refractivity contribution >= 4 is 23.4 Å². The minimum absolute atomic E-state index is 0.107. The number of amides is 3. The van der Waals surface area contributed by atoms with Crippen LogP contribution in [0, 0.1) is 5.82 Å². The van der Waals surface area contributed by atoms with Crippen LogP contribution in [-0.4, -0.2) is 23.2 Å². The zero-order valence-corrected chi connectivity index (χ0v) is 19.3. The largest absolute Gasteiger partial charge is 0.470 e. The average Bonchev–Trinajstić information content (AvgIpc) is 3.14. The second-order valence-corrected chi connectivity index (χ2v) is 8.60. The first-order valence-corrected chi connectivity index (χ1v) is 11.3. The number of urea groups is 1. The zero-order chi connectivity index (χ0) is 26.3. The molecule has 2 aromatic carbocycles. The number of hydrogen-bond acceptors (Lipinski definition) is 5. The van der Waals surface area contributed by atoms with E-state index < -0.39 is 35.5 Å². The van der Waals surface area contributed by atoms with Gasteiger partial charge in [0, 0.05) is 29.7 Å². The number of fused-ring (bicyclic) bond motifs is 2. The summed E-state index contributed by atoms with van der Waals surface area (Å²) in [7, 11) is 0. The fourth-order valence-electron chi connectivity index (χ4n) is 4.17. The van der Waals surface area contributed by atoms with Gasteiger partial charge < -0.3 is 25.4 Å². The van der Waals surface area contributed by atoms with Gasteiger partial charge in [-0.2, -0.15) is 13.2 Å². The highest BCUT2D eigenvalue weighted by molar-refractivity contribution is 5.93. The second-order valence-electron chi connectivity index (χ2n) is 8.60. The number of rotatable bonds is 4. The summed E-state index contributed by atoms with van der Waals surface area (Å²) < 4.78 is 64.1. The van der Waals surface area contributed by atoms with Gasteiger partial charge in [-0.15, -0.1) is 0 Å². The molecule has 3 heterocycles. The van der Waals surface area contributed by atoms with Crippen LogP contribution in [0.2, 0.25) is 0 Å². The smallest absolute Gasteiger partial charge is 0.416 e. The fraction of sp³-hybridized carbons (Fsp3) is 0.240. The quantitative estimate of drug-likeness (QED) is 0.394. The minimum atomic E-state index is -4.70. The molecule has 5 rings (SSSR count). The molecule has 0 fully saturated rings. The molecule has 0 unspecified atom stereocenters. The minimum Gasteiger partial charge on any atom is -0.470 e. The summed E-state index contributed by atoms with van der Waals surface area (Å²) in [6.45, 7) is 1.81. The number of benzene rings is 2. The van der Waals surface area contributed by atoms with Crippen molar-refractivity contribution in [3.8, 4) is 17.2 Å². The number of nitrogens with zero attached hydrogens (tertiary/aromatic N) is 1. The molecule has 1 aromatic heterocycles. The first-order valence-electron chi connectivity index (χ1n) is 11.3. The Morgan fingerprint density at radius 2 is 1.97 bits per heavy atom. The van der Waals surface area contributed by atoms with E-state index in [0.29, 0.717) is 48.0 Å². The highest BCUT2D eigenvalue weighted by atomic mass is 19.4. The van der Waals surface area contributed by atoms with Crippen LogP contribution in [-0.2, 0) is 17.4 Å². The van der Waals surface area contributed by atoms with E-state index in [4.69, 9.17) is 9.47 Å². The molecule has 0 spiro atoms. The molecule has 192 valence electrons. The molecule has 2 aliphatic heterocycles. The number of carbonyl (C=O) groups excluding carboxylic acids is 2. The monoisotopic (exact) mass is 516 g/mol. The number of anilines is 2. The third-order valence-corrected chi connectivity index (χ3v) is 6.10. The molecule has 3 aromatic rings. The van der Waals surface area contributed by atoms with Gasteiger partial charge in [-0.3, -0.25) is 4.79 Å². The van der Waals surface area contributed by atoms with Crippen molar-refractivity contribution in [1.29, 1.82) is 0 Å². The molecule has 0 bridgehead atoms. The van der Waals surface area contributed by atoms with Crippen molar-refractivity contribution in [2.75, 3.05) is 10.6 Å². The van der Waals surface area contributed by atoms with Gasteiger partial charge in [0.05, 0.1) is 11.3 Å². The Hall–Kier alpha value is -4.35. The lowest BCUT2D eigenvalue weighted by molar-refractivity contribution is -0.137. The van der Waals surface area contributed by atoms with Crippen LogP contribution in [0.5, 0.6) is 17.2 Å². The number of halogens is 4. The number of alkyl halides is 3. The lowest BCUT2D eigenvalue weighted by Gasteiger charge is -2.19. The highest BCUT2D eigenvalue weighted by Crippen LogP contribution is 2.41. The van der Waals surface area contributed by atoms with Crippen LogP contribution in [0.25, 0.3) is 0 Å². The van der Waals surface area contributed by atoms with Crippen molar-refractivity contribution in [3.63, 3.8) is 0 Å². The molecule has 2 atom stereocenters. The Morgan fingerprint density at radius 1 is 1.16 bits per heavy atom. The molecular weight excluding hydrogens is 496 g/mol. The van der Waals surface area contributed by atoms with E-state index in [1.54, 1.807) is 24.3 Å². The van der Waals surface area contributed by atoms with Crippen molar-refractivity contribution < 1.29 is 36.6 Å². The molecule has 3 N–H and O–H groups in total. The summed E-state index contributed by atoms with van der Waals surface area (Å²) in [6, 6.07) is 7.85. The Morgan fingerprint density at radius 3 is 2.73 bits per heavy atom. The molecular formula is C25H20F4N4O4. The van der Waals surface area contributed by atoms with E-state index in [1.165, 1.54) is 6.20 Å². The second kappa shape index (κ2) is 9.26. The molecule has 37 heavy (non-hydrogen) atoms. The Bertz CT molecular complexity index is 1400. The van der Waals surface area contributed by atoms with E-state index >= 15 is 0 Å². The molecule has 2 aliphatic rings. The van der Waals surface area contributed by atoms with Gasteiger partial charge in [-0.25, -0.2) is 14.2 Å². The molecule has 12 heteroatoms.